The molecule has 0 amide bonds. The summed E-state index contributed by atoms with van der Waals surface area (Å²) >= 11 is 9.40. The largest absolute Gasteiger partial charge is 0.324 e. The zero-order valence-electron chi connectivity index (χ0n) is 15.4. The van der Waals surface area contributed by atoms with Gasteiger partial charge in [0.1, 0.15) is 0 Å². The van der Waals surface area contributed by atoms with Crippen molar-refractivity contribution in [3.05, 3.63) is 51.7 Å². The molecule has 29 heavy (non-hydrogen) atoms. The van der Waals surface area contributed by atoms with E-state index in [2.05, 4.69) is 35.6 Å². The summed E-state index contributed by atoms with van der Waals surface area (Å²) < 4.78 is 2.19. The summed E-state index contributed by atoms with van der Waals surface area (Å²) in [4.78, 5) is 21.8. The van der Waals surface area contributed by atoms with Crippen molar-refractivity contribution in [1.29, 1.82) is 0 Å². The van der Waals surface area contributed by atoms with Gasteiger partial charge in [0.2, 0.25) is 17.2 Å². The summed E-state index contributed by atoms with van der Waals surface area (Å²) in [6, 6.07) is 11.8. The Morgan fingerprint density at radius 2 is 1.17 bits per heavy atom. The first-order chi connectivity index (χ1) is 14.0. The Bertz CT molecular complexity index is 1260. The molecule has 2 aromatic carbocycles. The van der Waals surface area contributed by atoms with E-state index in [1.807, 2.05) is 50.2 Å². The molecular formula is C19H14ClN7S2. The molecule has 5 aromatic rings. The number of halogens is 1. The Balaban J connectivity index is 1.42. The number of anilines is 4. The number of aromatic nitrogens is 5. The minimum Gasteiger partial charge on any atom is -0.324 e. The van der Waals surface area contributed by atoms with Crippen LogP contribution in [0.3, 0.4) is 0 Å². The van der Waals surface area contributed by atoms with Crippen LogP contribution in [-0.2, 0) is 0 Å². The second kappa shape index (κ2) is 7.18. The molecule has 2 N–H and O–H groups in total. The third-order valence-electron chi connectivity index (χ3n) is 4.11. The Kier molecular flexibility index (Phi) is 4.50. The SMILES string of the molecule is Cc1nc2ccc(Nc3nc(Cl)nc(Nc4ccc5nc(C)sc5c4)n3)cc2s1. The monoisotopic (exact) mass is 439 g/mol. The van der Waals surface area contributed by atoms with E-state index in [4.69, 9.17) is 11.6 Å². The fourth-order valence-corrected chi connectivity index (χ4v) is 4.85. The molecule has 0 aliphatic rings. The first-order valence-corrected chi connectivity index (χ1v) is 10.7. The fourth-order valence-electron chi connectivity index (χ4n) is 2.96. The van der Waals surface area contributed by atoms with Gasteiger partial charge in [0.15, 0.2) is 0 Å². The molecule has 0 saturated heterocycles. The normalized spacial score (nSPS) is 11.3. The van der Waals surface area contributed by atoms with Crippen LogP contribution in [0, 0.1) is 13.8 Å². The lowest BCUT2D eigenvalue weighted by Crippen LogP contribution is -2.04. The number of fused-ring (bicyclic) bond motifs is 2. The van der Waals surface area contributed by atoms with E-state index >= 15 is 0 Å². The van der Waals surface area contributed by atoms with E-state index in [1.165, 1.54) is 0 Å². The molecule has 0 bridgehead atoms. The number of hydrogen-bond acceptors (Lipinski definition) is 9. The van der Waals surface area contributed by atoms with Crippen LogP contribution in [0.25, 0.3) is 20.4 Å². The van der Waals surface area contributed by atoms with E-state index in [9.17, 15) is 0 Å². The first-order valence-electron chi connectivity index (χ1n) is 8.72. The Hall–Kier alpha value is -2.88. The van der Waals surface area contributed by atoms with Gasteiger partial charge in [0.25, 0.3) is 0 Å². The number of thiazole rings is 2. The van der Waals surface area contributed by atoms with Crippen LogP contribution in [0.4, 0.5) is 23.3 Å². The van der Waals surface area contributed by atoms with Crippen molar-refractivity contribution < 1.29 is 0 Å². The zero-order chi connectivity index (χ0) is 20.0. The van der Waals surface area contributed by atoms with Crippen LogP contribution in [0.15, 0.2) is 36.4 Å². The molecule has 0 unspecified atom stereocenters. The van der Waals surface area contributed by atoms with Gasteiger partial charge >= 0.3 is 0 Å². The van der Waals surface area contributed by atoms with E-state index in [1.54, 1.807) is 22.7 Å². The van der Waals surface area contributed by atoms with Crippen LogP contribution >= 0.6 is 34.3 Å². The van der Waals surface area contributed by atoms with Gasteiger partial charge in [-0.3, -0.25) is 0 Å². The Morgan fingerprint density at radius 1 is 0.690 bits per heavy atom. The lowest BCUT2D eigenvalue weighted by molar-refractivity contribution is 1.06. The summed E-state index contributed by atoms with van der Waals surface area (Å²) in [5.74, 6) is 0.727. The van der Waals surface area contributed by atoms with Crippen molar-refractivity contribution in [2.45, 2.75) is 13.8 Å². The third-order valence-corrected chi connectivity index (χ3v) is 6.15. The average Bonchev–Trinajstić information content (AvgIpc) is 3.20. The van der Waals surface area contributed by atoms with Gasteiger partial charge in [-0.2, -0.15) is 15.0 Å². The van der Waals surface area contributed by atoms with Crippen LogP contribution < -0.4 is 10.6 Å². The van der Waals surface area contributed by atoms with Gasteiger partial charge in [-0.15, -0.1) is 22.7 Å². The Morgan fingerprint density at radius 3 is 1.66 bits per heavy atom. The van der Waals surface area contributed by atoms with E-state index < -0.39 is 0 Å². The van der Waals surface area contributed by atoms with Crippen LogP contribution in [0.5, 0.6) is 0 Å². The molecule has 0 radical (unpaired) electrons. The molecular weight excluding hydrogens is 426 g/mol. The van der Waals surface area contributed by atoms with E-state index in [0.717, 1.165) is 41.8 Å². The number of nitrogens with zero attached hydrogens (tertiary/aromatic N) is 5. The maximum Gasteiger partial charge on any atom is 0.233 e. The highest BCUT2D eigenvalue weighted by atomic mass is 35.5. The van der Waals surface area contributed by atoms with Crippen LogP contribution in [-0.4, -0.2) is 24.9 Å². The first kappa shape index (κ1) is 18.2. The van der Waals surface area contributed by atoms with Crippen molar-refractivity contribution >= 4 is 78.0 Å². The molecule has 3 heterocycles. The smallest absolute Gasteiger partial charge is 0.233 e. The van der Waals surface area contributed by atoms with E-state index in [-0.39, 0.29) is 5.28 Å². The maximum atomic E-state index is 6.12. The summed E-state index contributed by atoms with van der Waals surface area (Å²) in [5, 5.41) is 8.54. The number of nitrogens with one attached hydrogen (secondary N) is 2. The number of rotatable bonds is 4. The fraction of sp³-hybridized carbons (Fsp3) is 0.105. The van der Waals surface area contributed by atoms with Gasteiger partial charge in [-0.25, -0.2) is 9.97 Å². The maximum absolute atomic E-state index is 6.12. The van der Waals surface area contributed by atoms with Crippen molar-refractivity contribution in [3.8, 4) is 0 Å². The highest BCUT2D eigenvalue weighted by Gasteiger charge is 2.09. The average molecular weight is 440 g/mol. The molecule has 5 rings (SSSR count). The van der Waals surface area contributed by atoms with Crippen LogP contribution in [0.2, 0.25) is 5.28 Å². The summed E-state index contributed by atoms with van der Waals surface area (Å²) in [6.45, 7) is 3.98. The molecule has 144 valence electrons. The minimum atomic E-state index is 0.106. The lowest BCUT2D eigenvalue weighted by atomic mass is 10.3. The molecule has 0 aliphatic carbocycles. The standard InChI is InChI=1S/C19H14ClN7S2/c1-9-21-13-5-3-11(7-15(13)28-9)23-18-25-17(20)26-19(27-18)24-12-4-6-14-16(8-12)29-10(2)22-14/h3-8H,1-2H3,(H2,23,24,25,26,27). The van der Waals surface area contributed by atoms with Crippen molar-refractivity contribution in [2.75, 3.05) is 10.6 Å². The number of hydrogen-bond donors (Lipinski definition) is 2. The highest BCUT2D eigenvalue weighted by molar-refractivity contribution is 7.18. The predicted octanol–water partition coefficient (Wildman–Crippen LogP) is 5.85. The summed E-state index contributed by atoms with van der Waals surface area (Å²) in [6.07, 6.45) is 0. The van der Waals surface area contributed by atoms with Crippen molar-refractivity contribution in [3.63, 3.8) is 0 Å². The third kappa shape index (κ3) is 3.84. The molecule has 0 spiro atoms. The predicted molar refractivity (Wildman–Crippen MR) is 120 cm³/mol. The topological polar surface area (TPSA) is 88.5 Å². The molecule has 7 nitrogen and oxygen atoms in total. The molecule has 0 fully saturated rings. The molecule has 0 saturated carbocycles. The Labute approximate surface area is 178 Å². The lowest BCUT2D eigenvalue weighted by Gasteiger charge is -2.08. The molecule has 10 heteroatoms. The van der Waals surface area contributed by atoms with Gasteiger partial charge in [-0.1, -0.05) is 0 Å². The second-order valence-corrected chi connectivity index (χ2v) is 9.14. The van der Waals surface area contributed by atoms with Gasteiger partial charge in [0, 0.05) is 11.4 Å². The van der Waals surface area contributed by atoms with Crippen LogP contribution in [0.1, 0.15) is 10.0 Å². The van der Waals surface area contributed by atoms with Gasteiger partial charge in [-0.05, 0) is 61.8 Å². The van der Waals surface area contributed by atoms with Gasteiger partial charge < -0.3 is 10.6 Å². The minimum absolute atomic E-state index is 0.106. The molecule has 3 aromatic heterocycles. The highest BCUT2D eigenvalue weighted by Crippen LogP contribution is 2.28. The van der Waals surface area contributed by atoms with Gasteiger partial charge in [0.05, 0.1) is 30.4 Å². The number of benzene rings is 2. The van der Waals surface area contributed by atoms with Crippen molar-refractivity contribution in [2.24, 2.45) is 0 Å². The second-order valence-electron chi connectivity index (χ2n) is 6.33. The molecule has 0 aliphatic heterocycles. The number of aryl methyl sites for hydroxylation is 2. The van der Waals surface area contributed by atoms with Crippen molar-refractivity contribution in [1.82, 2.24) is 24.9 Å². The quantitative estimate of drug-likeness (QED) is 0.363. The zero-order valence-corrected chi connectivity index (χ0v) is 17.8. The summed E-state index contributed by atoms with van der Waals surface area (Å²) in [7, 11) is 0. The van der Waals surface area contributed by atoms with E-state index in [0.29, 0.717) is 11.9 Å². The molecule has 0 atom stereocenters. The summed E-state index contributed by atoms with van der Waals surface area (Å²) in [5.41, 5.74) is 3.66.